The number of benzene rings is 1. The second-order valence-electron chi connectivity index (χ2n) is 7.07. The largest absolute Gasteiger partial charge is 0.434 e. The van der Waals surface area contributed by atoms with Crippen molar-refractivity contribution in [1.82, 2.24) is 15.5 Å². The third kappa shape index (κ3) is 6.02. The first-order valence-corrected chi connectivity index (χ1v) is 9.32. The lowest BCUT2D eigenvalue weighted by Gasteiger charge is -2.22. The van der Waals surface area contributed by atoms with Crippen LogP contribution in [0.1, 0.15) is 33.3 Å². The topological polar surface area (TPSA) is 48.9 Å². The summed E-state index contributed by atoms with van der Waals surface area (Å²) in [6.45, 7) is 7.85. The zero-order valence-electron chi connectivity index (χ0n) is 16.3. The van der Waals surface area contributed by atoms with Gasteiger partial charge in [-0.25, -0.2) is 9.38 Å². The second-order valence-corrected chi connectivity index (χ2v) is 7.07. The van der Waals surface area contributed by atoms with E-state index in [1.54, 1.807) is 0 Å². The van der Waals surface area contributed by atoms with E-state index < -0.39 is 12.4 Å². The number of guanidine groups is 1. The van der Waals surface area contributed by atoms with Gasteiger partial charge in [0, 0.05) is 31.7 Å². The molecule has 1 heterocycles. The van der Waals surface area contributed by atoms with Crippen molar-refractivity contribution in [1.29, 1.82) is 0 Å². The van der Waals surface area contributed by atoms with Gasteiger partial charge in [-0.2, -0.15) is 8.78 Å². The normalized spacial score (nSPS) is 21.1. The SMILES string of the molecule is CCNC(=NCc1c(F)cccc1OC(F)F)NC1CN(C(C)C)CC1C. The number of halogens is 3. The molecule has 1 aromatic carbocycles. The van der Waals surface area contributed by atoms with Gasteiger partial charge in [-0.1, -0.05) is 13.0 Å². The lowest BCUT2D eigenvalue weighted by atomic mass is 10.1. The second kappa shape index (κ2) is 9.82. The number of alkyl halides is 2. The maximum absolute atomic E-state index is 14.1. The Morgan fingerprint density at radius 3 is 2.67 bits per heavy atom. The van der Waals surface area contributed by atoms with Gasteiger partial charge in [0.25, 0.3) is 0 Å². The van der Waals surface area contributed by atoms with Gasteiger partial charge in [-0.15, -0.1) is 0 Å². The monoisotopic (exact) mass is 386 g/mol. The van der Waals surface area contributed by atoms with Crippen LogP contribution in [0.3, 0.4) is 0 Å². The van der Waals surface area contributed by atoms with E-state index in [0.717, 1.165) is 13.1 Å². The van der Waals surface area contributed by atoms with Crippen molar-refractivity contribution in [3.8, 4) is 5.75 Å². The van der Waals surface area contributed by atoms with Gasteiger partial charge < -0.3 is 15.4 Å². The fourth-order valence-corrected chi connectivity index (χ4v) is 3.17. The average Bonchev–Trinajstić information content (AvgIpc) is 2.95. The van der Waals surface area contributed by atoms with Crippen LogP contribution in [0, 0.1) is 11.7 Å². The maximum Gasteiger partial charge on any atom is 0.387 e. The van der Waals surface area contributed by atoms with E-state index in [1.165, 1.54) is 18.2 Å². The Morgan fingerprint density at radius 1 is 1.33 bits per heavy atom. The molecule has 0 amide bonds. The Morgan fingerprint density at radius 2 is 2.07 bits per heavy atom. The van der Waals surface area contributed by atoms with Crippen molar-refractivity contribution >= 4 is 5.96 Å². The summed E-state index contributed by atoms with van der Waals surface area (Å²) in [5.41, 5.74) is 0.0123. The molecule has 1 aromatic rings. The molecule has 0 radical (unpaired) electrons. The molecule has 0 saturated carbocycles. The molecule has 27 heavy (non-hydrogen) atoms. The van der Waals surface area contributed by atoms with Gasteiger partial charge in [-0.05, 0) is 38.8 Å². The Balaban J connectivity index is 2.12. The summed E-state index contributed by atoms with van der Waals surface area (Å²) in [5, 5.41) is 6.52. The summed E-state index contributed by atoms with van der Waals surface area (Å²) in [6.07, 6.45) is 0. The van der Waals surface area contributed by atoms with Gasteiger partial charge >= 0.3 is 6.61 Å². The molecule has 2 atom stereocenters. The summed E-state index contributed by atoms with van der Waals surface area (Å²) in [6, 6.07) is 4.54. The van der Waals surface area contributed by atoms with Gasteiger partial charge in [0.05, 0.1) is 12.1 Å². The molecule has 5 nitrogen and oxygen atoms in total. The Bertz CT molecular complexity index is 639. The highest BCUT2D eigenvalue weighted by atomic mass is 19.3. The number of nitrogens with zero attached hydrogens (tertiary/aromatic N) is 2. The first kappa shape index (κ1) is 21.3. The molecule has 0 aliphatic carbocycles. The van der Waals surface area contributed by atoms with Crippen molar-refractivity contribution in [2.75, 3.05) is 19.6 Å². The van der Waals surface area contributed by atoms with E-state index in [9.17, 15) is 13.2 Å². The van der Waals surface area contributed by atoms with E-state index in [1.807, 2.05) is 6.92 Å². The van der Waals surface area contributed by atoms with E-state index in [0.29, 0.717) is 24.5 Å². The van der Waals surface area contributed by atoms with E-state index in [4.69, 9.17) is 0 Å². The fourth-order valence-electron chi connectivity index (χ4n) is 3.17. The summed E-state index contributed by atoms with van der Waals surface area (Å²) in [7, 11) is 0. The number of rotatable bonds is 7. The lowest BCUT2D eigenvalue weighted by molar-refractivity contribution is -0.0506. The maximum atomic E-state index is 14.1. The quantitative estimate of drug-likeness (QED) is 0.558. The van der Waals surface area contributed by atoms with Crippen LogP contribution in [0.2, 0.25) is 0 Å². The fraction of sp³-hybridized carbons (Fsp3) is 0.632. The highest BCUT2D eigenvalue weighted by Gasteiger charge is 2.31. The molecule has 0 bridgehead atoms. The van der Waals surface area contributed by atoms with E-state index >= 15 is 0 Å². The Labute approximate surface area is 159 Å². The van der Waals surface area contributed by atoms with Crippen LogP contribution in [0.25, 0.3) is 0 Å². The van der Waals surface area contributed by atoms with Crippen LogP contribution < -0.4 is 15.4 Å². The number of hydrogen-bond acceptors (Lipinski definition) is 3. The standard InChI is InChI=1S/C19H29F3N4O/c1-5-23-19(25-16-11-26(12(2)3)10-13(16)4)24-9-14-15(20)7-6-8-17(14)27-18(21)22/h6-8,12-13,16,18H,5,9-11H2,1-4H3,(H2,23,24,25). The number of ether oxygens (including phenoxy) is 1. The first-order valence-electron chi connectivity index (χ1n) is 9.32. The summed E-state index contributed by atoms with van der Waals surface area (Å²) < 4.78 is 43.6. The number of likely N-dealkylation sites (tertiary alicyclic amines) is 1. The van der Waals surface area contributed by atoms with E-state index in [2.05, 4.69) is 46.0 Å². The lowest BCUT2D eigenvalue weighted by Crippen LogP contribution is -2.46. The highest BCUT2D eigenvalue weighted by Crippen LogP contribution is 2.24. The molecule has 0 aromatic heterocycles. The first-order chi connectivity index (χ1) is 12.8. The average molecular weight is 386 g/mol. The minimum Gasteiger partial charge on any atom is -0.434 e. The van der Waals surface area contributed by atoms with Crippen LogP contribution in [0.15, 0.2) is 23.2 Å². The Kier molecular flexibility index (Phi) is 7.77. The van der Waals surface area contributed by atoms with Crippen molar-refractivity contribution in [3.63, 3.8) is 0 Å². The van der Waals surface area contributed by atoms with Crippen molar-refractivity contribution in [2.24, 2.45) is 10.9 Å². The zero-order valence-corrected chi connectivity index (χ0v) is 16.3. The van der Waals surface area contributed by atoms with Crippen LogP contribution in [0.5, 0.6) is 5.75 Å². The summed E-state index contributed by atoms with van der Waals surface area (Å²) in [5.74, 6) is 0.159. The van der Waals surface area contributed by atoms with Crippen molar-refractivity contribution in [2.45, 2.75) is 52.9 Å². The molecule has 1 saturated heterocycles. The van der Waals surface area contributed by atoms with Crippen LogP contribution in [-0.4, -0.2) is 49.2 Å². The van der Waals surface area contributed by atoms with E-state index in [-0.39, 0.29) is 23.9 Å². The van der Waals surface area contributed by atoms with Crippen LogP contribution in [-0.2, 0) is 6.54 Å². The van der Waals surface area contributed by atoms with Gasteiger partial charge in [0.15, 0.2) is 5.96 Å². The van der Waals surface area contributed by atoms with Crippen LogP contribution in [0.4, 0.5) is 13.2 Å². The molecule has 0 spiro atoms. The molecular formula is C19H29F3N4O. The molecule has 2 N–H and O–H groups in total. The number of nitrogens with one attached hydrogen (secondary N) is 2. The number of hydrogen-bond donors (Lipinski definition) is 2. The van der Waals surface area contributed by atoms with Gasteiger partial charge in [0.2, 0.25) is 0 Å². The third-order valence-electron chi connectivity index (χ3n) is 4.72. The summed E-state index contributed by atoms with van der Waals surface area (Å²) in [4.78, 5) is 6.78. The predicted octanol–water partition coefficient (Wildman–Crippen LogP) is 3.21. The smallest absolute Gasteiger partial charge is 0.387 e. The minimum atomic E-state index is -3.01. The number of aliphatic imine (C=N–C) groups is 1. The van der Waals surface area contributed by atoms with Gasteiger partial charge in [0.1, 0.15) is 11.6 Å². The molecule has 152 valence electrons. The Hall–Kier alpha value is -1.96. The molecule has 1 fully saturated rings. The molecule has 1 aliphatic heterocycles. The third-order valence-corrected chi connectivity index (χ3v) is 4.72. The minimum absolute atomic E-state index is 0.0123. The zero-order chi connectivity index (χ0) is 20.0. The van der Waals surface area contributed by atoms with Crippen molar-refractivity contribution < 1.29 is 17.9 Å². The highest BCUT2D eigenvalue weighted by molar-refractivity contribution is 5.80. The molecule has 2 rings (SSSR count). The summed E-state index contributed by atoms with van der Waals surface area (Å²) >= 11 is 0. The van der Waals surface area contributed by atoms with Crippen molar-refractivity contribution in [3.05, 3.63) is 29.6 Å². The predicted molar refractivity (Wildman–Crippen MR) is 101 cm³/mol. The molecule has 1 aliphatic rings. The molecule has 8 heteroatoms. The molecule has 2 unspecified atom stereocenters. The van der Waals surface area contributed by atoms with Crippen LogP contribution >= 0.6 is 0 Å². The van der Waals surface area contributed by atoms with Gasteiger partial charge in [-0.3, -0.25) is 4.90 Å². The molecular weight excluding hydrogens is 357 g/mol.